The van der Waals surface area contributed by atoms with Gasteiger partial charge in [-0.25, -0.2) is 0 Å². The van der Waals surface area contributed by atoms with Crippen molar-refractivity contribution in [3.8, 4) is 5.75 Å². The number of benzene rings is 2. The largest absolute Gasteiger partial charge is 0.495 e. The Kier molecular flexibility index (Phi) is 7.01. The van der Waals surface area contributed by atoms with Crippen molar-refractivity contribution in [3.05, 3.63) is 59.2 Å². The van der Waals surface area contributed by atoms with E-state index in [1.807, 2.05) is 43.3 Å². The molecule has 1 heterocycles. The number of ether oxygens (including phenoxy) is 1. The highest BCUT2D eigenvalue weighted by Crippen LogP contribution is 2.41. The summed E-state index contributed by atoms with van der Waals surface area (Å²) in [4.78, 5) is 27.5. The molecule has 2 amide bonds. The Hall–Kier alpha value is -2.86. The first kappa shape index (κ1) is 22.8. The number of nitrogens with zero attached hydrogens (tertiary/aromatic N) is 1. The van der Waals surface area contributed by atoms with Crippen molar-refractivity contribution in [3.63, 3.8) is 0 Å². The maximum Gasteiger partial charge on any atom is 0.248 e. The van der Waals surface area contributed by atoms with Gasteiger partial charge in [0.2, 0.25) is 11.8 Å². The van der Waals surface area contributed by atoms with Crippen LogP contribution >= 0.6 is 0 Å². The number of aliphatic hydroxyl groups excluding tert-OH is 1. The molecule has 1 saturated heterocycles. The third kappa shape index (κ3) is 4.59. The fraction of sp³-hybridized carbons (Fsp3) is 0.440. The lowest BCUT2D eigenvalue weighted by atomic mass is 9.69. The number of aryl methyl sites for hydroxylation is 1. The lowest BCUT2D eigenvalue weighted by Crippen LogP contribution is -2.51. The maximum atomic E-state index is 13.8. The molecule has 1 fully saturated rings. The van der Waals surface area contributed by atoms with Crippen molar-refractivity contribution in [2.75, 3.05) is 32.1 Å². The van der Waals surface area contributed by atoms with E-state index in [0.717, 1.165) is 16.7 Å². The number of likely N-dealkylation sites (tertiary alicyclic amines) is 1. The molecule has 0 spiro atoms. The predicted octanol–water partition coefficient (Wildman–Crippen LogP) is 3.62. The van der Waals surface area contributed by atoms with Crippen LogP contribution in [-0.2, 0) is 15.0 Å². The molecule has 0 atom stereocenters. The Morgan fingerprint density at radius 3 is 2.45 bits per heavy atom. The van der Waals surface area contributed by atoms with Gasteiger partial charge >= 0.3 is 0 Å². The summed E-state index contributed by atoms with van der Waals surface area (Å²) in [5.74, 6) is 0.477. The second-order valence-electron chi connectivity index (χ2n) is 8.52. The van der Waals surface area contributed by atoms with Crippen molar-refractivity contribution in [2.24, 2.45) is 0 Å². The summed E-state index contributed by atoms with van der Waals surface area (Å²) in [6, 6.07) is 13.8. The van der Waals surface area contributed by atoms with Crippen molar-refractivity contribution in [2.45, 2.75) is 44.9 Å². The third-order valence-corrected chi connectivity index (χ3v) is 6.24. The molecule has 0 aliphatic carbocycles. The van der Waals surface area contributed by atoms with Crippen molar-refractivity contribution in [1.82, 2.24) is 4.90 Å². The number of carbonyl (C=O) groups is 2. The normalized spacial score (nSPS) is 15.6. The standard InChI is InChI=1S/C25H32N2O4/c1-17(2)19-7-5-6-8-20(19)25(11-13-27(14-12-25)23(29)16-28)24(30)26-21-10-9-18(3)15-22(21)31-4/h5-10,15,17,28H,11-14,16H2,1-4H3,(H,26,30). The van der Waals surface area contributed by atoms with Gasteiger partial charge in [-0.15, -0.1) is 0 Å². The average Bonchev–Trinajstić information content (AvgIpc) is 2.79. The smallest absolute Gasteiger partial charge is 0.248 e. The minimum Gasteiger partial charge on any atom is -0.495 e. The summed E-state index contributed by atoms with van der Waals surface area (Å²) in [6.07, 6.45) is 0.977. The molecule has 1 aliphatic heterocycles. The van der Waals surface area contributed by atoms with Gasteiger partial charge in [-0.2, -0.15) is 0 Å². The van der Waals surface area contributed by atoms with E-state index in [-0.39, 0.29) is 17.7 Å². The molecule has 1 aliphatic rings. The summed E-state index contributed by atoms with van der Waals surface area (Å²) in [6.45, 7) is 6.55. The molecule has 2 aromatic carbocycles. The zero-order valence-corrected chi connectivity index (χ0v) is 18.8. The second kappa shape index (κ2) is 9.52. The number of nitrogens with one attached hydrogen (secondary N) is 1. The Labute approximate surface area is 184 Å². The first-order valence-corrected chi connectivity index (χ1v) is 10.8. The Bertz CT molecular complexity index is 946. The summed E-state index contributed by atoms with van der Waals surface area (Å²) >= 11 is 0. The summed E-state index contributed by atoms with van der Waals surface area (Å²) in [7, 11) is 1.59. The molecule has 0 aromatic heterocycles. The highest BCUT2D eigenvalue weighted by atomic mass is 16.5. The van der Waals surface area contributed by atoms with Crippen LogP contribution in [0.25, 0.3) is 0 Å². The van der Waals surface area contributed by atoms with Gasteiger partial charge in [-0.1, -0.05) is 44.2 Å². The molecule has 0 bridgehead atoms. The lowest BCUT2D eigenvalue weighted by molar-refractivity contribution is -0.137. The molecule has 0 unspecified atom stereocenters. The number of amides is 2. The van der Waals surface area contributed by atoms with Crippen molar-refractivity contribution >= 4 is 17.5 Å². The van der Waals surface area contributed by atoms with Gasteiger partial charge in [0.15, 0.2) is 0 Å². The number of carbonyl (C=O) groups excluding carboxylic acids is 2. The molecular weight excluding hydrogens is 392 g/mol. The van der Waals surface area contributed by atoms with Crippen LogP contribution in [0.5, 0.6) is 5.75 Å². The summed E-state index contributed by atoms with van der Waals surface area (Å²) in [5.41, 5.74) is 3.04. The van der Waals surface area contributed by atoms with Crippen LogP contribution < -0.4 is 10.1 Å². The number of hydrogen-bond acceptors (Lipinski definition) is 4. The van der Waals surface area contributed by atoms with E-state index in [0.29, 0.717) is 37.4 Å². The number of methoxy groups -OCH3 is 1. The van der Waals surface area contributed by atoms with Crippen LogP contribution in [0.4, 0.5) is 5.69 Å². The Morgan fingerprint density at radius 1 is 1.16 bits per heavy atom. The van der Waals surface area contributed by atoms with E-state index in [2.05, 4.69) is 25.2 Å². The van der Waals surface area contributed by atoms with E-state index >= 15 is 0 Å². The van der Waals surface area contributed by atoms with Crippen molar-refractivity contribution in [1.29, 1.82) is 0 Å². The molecule has 2 N–H and O–H groups in total. The SMILES string of the molecule is COc1cc(C)ccc1NC(=O)C1(c2ccccc2C(C)C)CCN(C(=O)CO)CC1. The number of rotatable bonds is 6. The minimum absolute atomic E-state index is 0.0983. The highest BCUT2D eigenvalue weighted by Gasteiger charge is 2.45. The first-order chi connectivity index (χ1) is 14.8. The van der Waals surface area contributed by atoms with Crippen LogP contribution in [0, 0.1) is 6.92 Å². The zero-order valence-electron chi connectivity index (χ0n) is 18.8. The fourth-order valence-electron chi connectivity index (χ4n) is 4.44. The molecule has 166 valence electrons. The van der Waals surface area contributed by atoms with Crippen LogP contribution in [-0.4, -0.2) is 48.6 Å². The first-order valence-electron chi connectivity index (χ1n) is 10.8. The van der Waals surface area contributed by atoms with E-state index in [4.69, 9.17) is 4.74 Å². The quantitative estimate of drug-likeness (QED) is 0.742. The average molecular weight is 425 g/mol. The number of anilines is 1. The van der Waals surface area contributed by atoms with Crippen LogP contribution in [0.1, 0.15) is 49.3 Å². The molecule has 6 nitrogen and oxygen atoms in total. The second-order valence-corrected chi connectivity index (χ2v) is 8.52. The lowest BCUT2D eigenvalue weighted by Gasteiger charge is -2.42. The maximum absolute atomic E-state index is 13.8. The molecule has 6 heteroatoms. The Morgan fingerprint density at radius 2 is 1.84 bits per heavy atom. The summed E-state index contributed by atoms with van der Waals surface area (Å²) < 4.78 is 5.48. The summed E-state index contributed by atoms with van der Waals surface area (Å²) in [5, 5.41) is 12.4. The third-order valence-electron chi connectivity index (χ3n) is 6.24. The molecule has 2 aromatic rings. The van der Waals surface area contributed by atoms with E-state index in [1.165, 1.54) is 0 Å². The molecule has 3 rings (SSSR count). The monoisotopic (exact) mass is 424 g/mol. The van der Waals surface area contributed by atoms with Gasteiger partial charge in [0.1, 0.15) is 12.4 Å². The zero-order chi connectivity index (χ0) is 22.6. The van der Waals surface area contributed by atoms with E-state index in [1.54, 1.807) is 12.0 Å². The van der Waals surface area contributed by atoms with Crippen LogP contribution in [0.2, 0.25) is 0 Å². The minimum atomic E-state index is -0.775. The van der Waals surface area contributed by atoms with E-state index < -0.39 is 12.0 Å². The van der Waals surface area contributed by atoms with Crippen molar-refractivity contribution < 1.29 is 19.4 Å². The fourth-order valence-corrected chi connectivity index (χ4v) is 4.44. The van der Waals surface area contributed by atoms with Gasteiger partial charge in [0, 0.05) is 13.1 Å². The van der Waals surface area contributed by atoms with Gasteiger partial charge in [0.05, 0.1) is 18.2 Å². The van der Waals surface area contributed by atoms with Gasteiger partial charge < -0.3 is 20.1 Å². The topological polar surface area (TPSA) is 78.9 Å². The number of hydrogen-bond donors (Lipinski definition) is 2. The van der Waals surface area contributed by atoms with Gasteiger partial charge in [0.25, 0.3) is 0 Å². The Balaban J connectivity index is 2.01. The van der Waals surface area contributed by atoms with Crippen LogP contribution in [0.3, 0.4) is 0 Å². The van der Waals surface area contributed by atoms with Gasteiger partial charge in [-0.3, -0.25) is 9.59 Å². The highest BCUT2D eigenvalue weighted by molar-refractivity contribution is 6.00. The molecular formula is C25H32N2O4. The van der Waals surface area contributed by atoms with E-state index in [9.17, 15) is 14.7 Å². The molecule has 0 saturated carbocycles. The van der Waals surface area contributed by atoms with Crippen LogP contribution in [0.15, 0.2) is 42.5 Å². The molecule has 0 radical (unpaired) electrons. The number of piperidine rings is 1. The van der Waals surface area contributed by atoms with Gasteiger partial charge in [-0.05, 0) is 54.5 Å². The number of aliphatic hydroxyl groups is 1. The predicted molar refractivity (Wildman–Crippen MR) is 121 cm³/mol. The molecule has 31 heavy (non-hydrogen) atoms.